The molecule has 0 saturated heterocycles. The summed E-state index contributed by atoms with van der Waals surface area (Å²) in [5.74, 6) is -0.839. The molecule has 0 fully saturated rings. The predicted molar refractivity (Wildman–Crippen MR) is 59.2 cm³/mol. The molecule has 16 heavy (non-hydrogen) atoms. The van der Waals surface area contributed by atoms with Crippen LogP contribution in [0.4, 0.5) is 0 Å². The van der Waals surface area contributed by atoms with Crippen molar-refractivity contribution in [2.24, 2.45) is 5.73 Å². The molecule has 0 heterocycles. The molecule has 1 aromatic carbocycles. The lowest BCUT2D eigenvalue weighted by atomic mass is 10.1. The van der Waals surface area contributed by atoms with Gasteiger partial charge < -0.3 is 5.73 Å². The van der Waals surface area contributed by atoms with E-state index in [1.807, 2.05) is 0 Å². The van der Waals surface area contributed by atoms with E-state index in [2.05, 4.69) is 6.58 Å². The minimum atomic E-state index is -4.40. The first-order valence-electron chi connectivity index (χ1n) is 4.30. The van der Waals surface area contributed by atoms with Gasteiger partial charge in [0.25, 0.3) is 10.1 Å². The molecule has 0 aliphatic carbocycles. The molecule has 0 aliphatic heterocycles. The molecular weight excluding hydrogens is 230 g/mol. The van der Waals surface area contributed by atoms with Crippen LogP contribution in [-0.2, 0) is 14.9 Å². The first-order valence-corrected chi connectivity index (χ1v) is 5.74. The Morgan fingerprint density at radius 1 is 1.44 bits per heavy atom. The summed E-state index contributed by atoms with van der Waals surface area (Å²) in [5, 5.41) is 0. The molecule has 86 valence electrons. The summed E-state index contributed by atoms with van der Waals surface area (Å²) < 4.78 is 31.2. The van der Waals surface area contributed by atoms with Gasteiger partial charge in [-0.15, -0.1) is 0 Å². The number of carbonyl (C=O) groups excluding carboxylic acids is 1. The van der Waals surface area contributed by atoms with E-state index in [0.29, 0.717) is 5.56 Å². The summed E-state index contributed by atoms with van der Waals surface area (Å²) >= 11 is 0. The molecular formula is C10H11NO4S. The Hall–Kier alpha value is -1.66. The lowest BCUT2D eigenvalue weighted by Gasteiger charge is -2.08. The van der Waals surface area contributed by atoms with Crippen LogP contribution >= 0.6 is 0 Å². The van der Waals surface area contributed by atoms with E-state index in [9.17, 15) is 13.2 Å². The van der Waals surface area contributed by atoms with Crippen LogP contribution < -0.4 is 5.73 Å². The fourth-order valence-corrected chi connectivity index (χ4v) is 2.03. The number of benzene rings is 1. The van der Waals surface area contributed by atoms with Gasteiger partial charge >= 0.3 is 0 Å². The maximum Gasteiger partial charge on any atom is 0.295 e. The van der Waals surface area contributed by atoms with Crippen molar-refractivity contribution < 1.29 is 17.8 Å². The summed E-state index contributed by atoms with van der Waals surface area (Å²) in [6.45, 7) is 5.04. The van der Waals surface area contributed by atoms with Crippen molar-refractivity contribution in [2.75, 3.05) is 0 Å². The molecule has 0 radical (unpaired) electrons. The Balaban J connectivity index is 3.53. The van der Waals surface area contributed by atoms with Crippen LogP contribution in [0.5, 0.6) is 0 Å². The number of hydrogen-bond acceptors (Lipinski definition) is 3. The number of amides is 1. The standard InChI is InChI=1S/C10H11NO4S/c1-6-3-4-8(7(2)10(11)12)9(5-6)16(13,14)15/h3-5H,2H2,1H3,(H2,11,12)(H,13,14,15). The van der Waals surface area contributed by atoms with Crippen molar-refractivity contribution in [2.45, 2.75) is 11.8 Å². The SMILES string of the molecule is C=C(C(N)=O)c1ccc(C)cc1S(=O)(=O)O. The highest BCUT2D eigenvalue weighted by molar-refractivity contribution is 7.86. The molecule has 0 unspecified atom stereocenters. The van der Waals surface area contributed by atoms with Crippen LogP contribution in [0.2, 0.25) is 0 Å². The van der Waals surface area contributed by atoms with E-state index in [4.69, 9.17) is 10.3 Å². The smallest absolute Gasteiger partial charge is 0.295 e. The van der Waals surface area contributed by atoms with Crippen LogP contribution in [0.15, 0.2) is 29.7 Å². The van der Waals surface area contributed by atoms with Gasteiger partial charge in [0.15, 0.2) is 0 Å². The average Bonchev–Trinajstić information content (AvgIpc) is 2.15. The maximum atomic E-state index is 11.1. The van der Waals surface area contributed by atoms with Gasteiger partial charge in [-0.1, -0.05) is 18.7 Å². The molecule has 0 spiro atoms. The molecule has 6 heteroatoms. The average molecular weight is 241 g/mol. The van der Waals surface area contributed by atoms with Crippen LogP contribution in [0.1, 0.15) is 11.1 Å². The lowest BCUT2D eigenvalue weighted by Crippen LogP contribution is -2.14. The second-order valence-electron chi connectivity index (χ2n) is 3.32. The normalized spacial score (nSPS) is 11.1. The van der Waals surface area contributed by atoms with E-state index in [0.717, 1.165) is 0 Å². The molecule has 0 bridgehead atoms. The third-order valence-electron chi connectivity index (χ3n) is 2.04. The van der Waals surface area contributed by atoms with Gasteiger partial charge in [0.1, 0.15) is 4.90 Å². The third kappa shape index (κ3) is 2.47. The highest BCUT2D eigenvalue weighted by Gasteiger charge is 2.19. The van der Waals surface area contributed by atoms with Crippen molar-refractivity contribution in [3.8, 4) is 0 Å². The Bertz CT molecular complexity index is 560. The van der Waals surface area contributed by atoms with Crippen LogP contribution in [0.3, 0.4) is 0 Å². The molecule has 0 aromatic heterocycles. The predicted octanol–water partition coefficient (Wildman–Crippen LogP) is 0.740. The number of nitrogens with two attached hydrogens (primary N) is 1. The first-order chi connectivity index (χ1) is 7.23. The number of primary amides is 1. The Kier molecular flexibility index (Phi) is 3.16. The summed E-state index contributed by atoms with van der Waals surface area (Å²) in [5.41, 5.74) is 5.49. The molecule has 1 aromatic rings. The van der Waals surface area contributed by atoms with Crippen molar-refractivity contribution in [1.82, 2.24) is 0 Å². The topological polar surface area (TPSA) is 97.5 Å². The first kappa shape index (κ1) is 12.4. The quantitative estimate of drug-likeness (QED) is 0.602. The Morgan fingerprint density at radius 3 is 2.44 bits per heavy atom. The fourth-order valence-electron chi connectivity index (χ4n) is 1.23. The van der Waals surface area contributed by atoms with Crippen molar-refractivity contribution in [3.05, 3.63) is 35.9 Å². The zero-order chi connectivity index (χ0) is 12.5. The highest BCUT2D eigenvalue weighted by Crippen LogP contribution is 2.23. The van der Waals surface area contributed by atoms with Gasteiger partial charge in [0.2, 0.25) is 5.91 Å². The van der Waals surface area contributed by atoms with E-state index in [-0.39, 0.29) is 16.0 Å². The second-order valence-corrected chi connectivity index (χ2v) is 4.71. The van der Waals surface area contributed by atoms with Gasteiger partial charge in [-0.05, 0) is 18.6 Å². The zero-order valence-electron chi connectivity index (χ0n) is 8.60. The van der Waals surface area contributed by atoms with Gasteiger partial charge in [0, 0.05) is 11.1 Å². The minimum absolute atomic E-state index is 0.0144. The molecule has 1 rings (SSSR count). The summed E-state index contributed by atoms with van der Waals surface area (Å²) in [6, 6.07) is 4.22. The second kappa shape index (κ2) is 4.07. The van der Waals surface area contributed by atoms with Gasteiger partial charge in [-0.2, -0.15) is 8.42 Å². The third-order valence-corrected chi connectivity index (χ3v) is 2.93. The lowest BCUT2D eigenvalue weighted by molar-refractivity contribution is -0.112. The van der Waals surface area contributed by atoms with E-state index < -0.39 is 16.0 Å². The number of carbonyl (C=O) groups is 1. The van der Waals surface area contributed by atoms with Crippen molar-refractivity contribution >= 4 is 21.6 Å². The monoisotopic (exact) mass is 241 g/mol. The van der Waals surface area contributed by atoms with Crippen molar-refractivity contribution in [1.29, 1.82) is 0 Å². The molecule has 3 N–H and O–H groups in total. The van der Waals surface area contributed by atoms with Gasteiger partial charge in [-0.25, -0.2) is 0 Å². The Labute approximate surface area is 93.3 Å². The van der Waals surface area contributed by atoms with Crippen LogP contribution in [-0.4, -0.2) is 18.9 Å². The van der Waals surface area contributed by atoms with E-state index in [1.54, 1.807) is 13.0 Å². The summed E-state index contributed by atoms with van der Waals surface area (Å²) in [6.07, 6.45) is 0. The summed E-state index contributed by atoms with van der Waals surface area (Å²) in [7, 11) is -4.40. The number of aryl methyl sites for hydroxylation is 1. The molecule has 0 saturated carbocycles. The summed E-state index contributed by atoms with van der Waals surface area (Å²) in [4.78, 5) is 10.5. The van der Waals surface area contributed by atoms with E-state index >= 15 is 0 Å². The molecule has 0 atom stereocenters. The number of rotatable bonds is 3. The number of hydrogen-bond donors (Lipinski definition) is 2. The molecule has 0 aliphatic rings. The van der Waals surface area contributed by atoms with Crippen LogP contribution in [0, 0.1) is 6.92 Å². The fraction of sp³-hybridized carbons (Fsp3) is 0.100. The highest BCUT2D eigenvalue weighted by atomic mass is 32.2. The van der Waals surface area contributed by atoms with Gasteiger partial charge in [0.05, 0.1) is 0 Å². The van der Waals surface area contributed by atoms with E-state index in [1.165, 1.54) is 12.1 Å². The molecule has 5 nitrogen and oxygen atoms in total. The van der Waals surface area contributed by atoms with Crippen LogP contribution in [0.25, 0.3) is 5.57 Å². The van der Waals surface area contributed by atoms with Crippen molar-refractivity contribution in [3.63, 3.8) is 0 Å². The maximum absolute atomic E-state index is 11.1. The zero-order valence-corrected chi connectivity index (χ0v) is 9.41. The molecule has 1 amide bonds. The van der Waals surface area contributed by atoms with Gasteiger partial charge in [-0.3, -0.25) is 9.35 Å². The largest absolute Gasteiger partial charge is 0.366 e. The minimum Gasteiger partial charge on any atom is -0.366 e. The Morgan fingerprint density at radius 2 is 2.00 bits per heavy atom.